The lowest BCUT2D eigenvalue weighted by Crippen LogP contribution is -2.31. The third-order valence-corrected chi connectivity index (χ3v) is 4.69. The van der Waals surface area contributed by atoms with Gasteiger partial charge in [-0.25, -0.2) is 0 Å². The predicted octanol–water partition coefficient (Wildman–Crippen LogP) is 4.07. The van der Waals surface area contributed by atoms with Gasteiger partial charge in [0.15, 0.2) is 0 Å². The number of rotatable bonds is 5. The Morgan fingerprint density at radius 1 is 0.889 bits per heavy atom. The predicted molar refractivity (Wildman–Crippen MR) is 110 cm³/mol. The minimum Gasteiger partial charge on any atom is -0.372 e. The van der Waals surface area contributed by atoms with Crippen LogP contribution in [-0.4, -0.2) is 30.9 Å². The second-order valence-corrected chi connectivity index (χ2v) is 7.22. The number of amides is 2. The van der Waals surface area contributed by atoms with Crippen molar-refractivity contribution in [3.05, 3.63) is 59.7 Å². The molecule has 27 heavy (non-hydrogen) atoms. The summed E-state index contributed by atoms with van der Waals surface area (Å²) < 4.78 is 0. The van der Waals surface area contributed by atoms with Crippen molar-refractivity contribution >= 4 is 23.2 Å². The fourth-order valence-electron chi connectivity index (χ4n) is 3.30. The molecule has 2 aromatic rings. The Morgan fingerprint density at radius 3 is 2.22 bits per heavy atom. The number of para-hydroxylation sites is 1. The molecule has 0 aliphatic carbocycles. The van der Waals surface area contributed by atoms with E-state index in [1.807, 2.05) is 38.1 Å². The second-order valence-electron chi connectivity index (χ2n) is 7.22. The van der Waals surface area contributed by atoms with E-state index in [1.54, 1.807) is 24.3 Å². The Bertz CT molecular complexity index is 793. The molecule has 1 fully saturated rings. The van der Waals surface area contributed by atoms with Crippen LogP contribution in [0.15, 0.2) is 48.5 Å². The quantitative estimate of drug-likeness (QED) is 0.840. The van der Waals surface area contributed by atoms with Crippen LogP contribution < -0.4 is 15.5 Å². The molecule has 0 spiro atoms. The molecule has 1 saturated heterocycles. The van der Waals surface area contributed by atoms with Crippen LogP contribution in [0, 0.1) is 0 Å². The molecule has 2 aromatic carbocycles. The first kappa shape index (κ1) is 19.0. The number of carbonyl (C=O) groups excluding carboxylic acids is 2. The molecule has 0 radical (unpaired) electrons. The van der Waals surface area contributed by atoms with Crippen LogP contribution in [-0.2, 0) is 0 Å². The van der Waals surface area contributed by atoms with Gasteiger partial charge in [0.1, 0.15) is 0 Å². The molecule has 5 nitrogen and oxygen atoms in total. The van der Waals surface area contributed by atoms with E-state index >= 15 is 0 Å². The minimum atomic E-state index is -0.218. The average Bonchev–Trinajstić information content (AvgIpc) is 2.68. The highest BCUT2D eigenvalue weighted by atomic mass is 16.2. The van der Waals surface area contributed by atoms with Crippen molar-refractivity contribution in [3.8, 4) is 0 Å². The molecule has 0 bridgehead atoms. The highest BCUT2D eigenvalue weighted by Gasteiger charge is 2.15. The highest BCUT2D eigenvalue weighted by Crippen LogP contribution is 2.21. The van der Waals surface area contributed by atoms with Gasteiger partial charge in [0.2, 0.25) is 0 Å². The zero-order valence-electron chi connectivity index (χ0n) is 16.0. The Hall–Kier alpha value is -2.82. The van der Waals surface area contributed by atoms with Crippen LogP contribution in [0.2, 0.25) is 0 Å². The number of hydrogen-bond acceptors (Lipinski definition) is 3. The fourth-order valence-corrected chi connectivity index (χ4v) is 3.30. The van der Waals surface area contributed by atoms with Gasteiger partial charge in [0.05, 0.1) is 11.3 Å². The van der Waals surface area contributed by atoms with Gasteiger partial charge in [-0.3, -0.25) is 9.59 Å². The average molecular weight is 365 g/mol. The molecule has 2 N–H and O–H groups in total. The molecule has 1 aliphatic rings. The van der Waals surface area contributed by atoms with E-state index in [2.05, 4.69) is 15.5 Å². The Morgan fingerprint density at radius 2 is 1.56 bits per heavy atom. The van der Waals surface area contributed by atoms with Crippen molar-refractivity contribution in [2.45, 2.75) is 39.2 Å². The molecule has 2 amide bonds. The summed E-state index contributed by atoms with van der Waals surface area (Å²) >= 11 is 0. The first-order chi connectivity index (χ1) is 13.0. The maximum Gasteiger partial charge on any atom is 0.255 e. The molecular weight excluding hydrogens is 338 g/mol. The molecule has 1 heterocycles. The number of piperidine rings is 1. The molecule has 142 valence electrons. The molecule has 0 atom stereocenters. The van der Waals surface area contributed by atoms with Gasteiger partial charge >= 0.3 is 0 Å². The Balaban J connectivity index is 1.71. The minimum absolute atomic E-state index is 0.0311. The smallest absolute Gasteiger partial charge is 0.255 e. The van der Waals surface area contributed by atoms with Gasteiger partial charge in [-0.15, -0.1) is 0 Å². The Kier molecular flexibility index (Phi) is 6.12. The van der Waals surface area contributed by atoms with Gasteiger partial charge in [0, 0.05) is 30.4 Å². The lowest BCUT2D eigenvalue weighted by atomic mass is 10.1. The Labute approximate surface area is 160 Å². The topological polar surface area (TPSA) is 61.4 Å². The zero-order valence-corrected chi connectivity index (χ0v) is 16.0. The van der Waals surface area contributed by atoms with Gasteiger partial charge in [-0.05, 0) is 69.5 Å². The number of nitrogens with one attached hydrogen (secondary N) is 2. The first-order valence-electron chi connectivity index (χ1n) is 9.61. The largest absolute Gasteiger partial charge is 0.372 e. The standard InChI is InChI=1S/C22H27N3O2/c1-16(2)23-22(27)19-8-4-5-9-20(19)24-21(26)17-10-12-18(13-11-17)25-14-6-3-7-15-25/h4-5,8-13,16H,3,6-7,14-15H2,1-2H3,(H,23,27)(H,24,26). The van der Waals surface area contributed by atoms with Crippen LogP contribution in [0.1, 0.15) is 53.8 Å². The summed E-state index contributed by atoms with van der Waals surface area (Å²) in [5.41, 5.74) is 2.71. The van der Waals surface area contributed by atoms with Crippen molar-refractivity contribution in [2.24, 2.45) is 0 Å². The number of benzene rings is 2. The third-order valence-electron chi connectivity index (χ3n) is 4.69. The molecule has 0 aromatic heterocycles. The number of hydrogen-bond donors (Lipinski definition) is 2. The van der Waals surface area contributed by atoms with Crippen LogP contribution in [0.4, 0.5) is 11.4 Å². The lowest BCUT2D eigenvalue weighted by Gasteiger charge is -2.28. The SMILES string of the molecule is CC(C)NC(=O)c1ccccc1NC(=O)c1ccc(N2CCCCC2)cc1. The summed E-state index contributed by atoms with van der Waals surface area (Å²) in [5, 5.41) is 5.73. The van der Waals surface area contributed by atoms with E-state index in [-0.39, 0.29) is 17.9 Å². The van der Waals surface area contributed by atoms with E-state index in [0.29, 0.717) is 16.8 Å². The zero-order chi connectivity index (χ0) is 19.2. The molecule has 3 rings (SSSR count). The van der Waals surface area contributed by atoms with Gasteiger partial charge < -0.3 is 15.5 Å². The van der Waals surface area contributed by atoms with Crippen molar-refractivity contribution in [3.63, 3.8) is 0 Å². The van der Waals surface area contributed by atoms with Crippen molar-refractivity contribution < 1.29 is 9.59 Å². The van der Waals surface area contributed by atoms with Crippen molar-refractivity contribution in [1.82, 2.24) is 5.32 Å². The summed E-state index contributed by atoms with van der Waals surface area (Å²) in [5.74, 6) is -0.411. The van der Waals surface area contributed by atoms with E-state index < -0.39 is 0 Å². The van der Waals surface area contributed by atoms with Crippen molar-refractivity contribution in [2.75, 3.05) is 23.3 Å². The van der Waals surface area contributed by atoms with Gasteiger partial charge in [-0.2, -0.15) is 0 Å². The summed E-state index contributed by atoms with van der Waals surface area (Å²) in [6.45, 7) is 5.96. The second kappa shape index (κ2) is 8.71. The first-order valence-corrected chi connectivity index (χ1v) is 9.61. The summed E-state index contributed by atoms with van der Waals surface area (Å²) in [6.07, 6.45) is 3.73. The number of nitrogens with zero attached hydrogens (tertiary/aromatic N) is 1. The summed E-state index contributed by atoms with van der Waals surface area (Å²) in [4.78, 5) is 27.3. The van der Waals surface area contributed by atoms with E-state index in [9.17, 15) is 9.59 Å². The fraction of sp³-hybridized carbons (Fsp3) is 0.364. The van der Waals surface area contributed by atoms with Gasteiger partial charge in [0.25, 0.3) is 11.8 Å². The maximum absolute atomic E-state index is 12.6. The lowest BCUT2D eigenvalue weighted by molar-refractivity contribution is 0.0944. The summed E-state index contributed by atoms with van der Waals surface area (Å²) in [6, 6.07) is 14.8. The molecule has 1 aliphatic heterocycles. The molecule has 0 saturated carbocycles. The van der Waals surface area contributed by atoms with Gasteiger partial charge in [-0.1, -0.05) is 12.1 Å². The highest BCUT2D eigenvalue weighted by molar-refractivity contribution is 6.09. The van der Waals surface area contributed by atoms with Crippen molar-refractivity contribution in [1.29, 1.82) is 0 Å². The monoisotopic (exact) mass is 365 g/mol. The van der Waals surface area contributed by atoms with Crippen LogP contribution in [0.5, 0.6) is 0 Å². The van der Waals surface area contributed by atoms with E-state index in [1.165, 1.54) is 19.3 Å². The van der Waals surface area contributed by atoms with Crippen LogP contribution in [0.25, 0.3) is 0 Å². The normalized spacial score (nSPS) is 14.1. The maximum atomic E-state index is 12.6. The molecule has 0 unspecified atom stereocenters. The molecular formula is C22H27N3O2. The molecule has 5 heteroatoms. The third kappa shape index (κ3) is 4.88. The number of carbonyl (C=O) groups is 2. The van der Waals surface area contributed by atoms with E-state index in [4.69, 9.17) is 0 Å². The van der Waals surface area contributed by atoms with Crippen LogP contribution >= 0.6 is 0 Å². The van der Waals surface area contributed by atoms with E-state index in [0.717, 1.165) is 18.8 Å². The van der Waals surface area contributed by atoms with Crippen LogP contribution in [0.3, 0.4) is 0 Å². The summed E-state index contributed by atoms with van der Waals surface area (Å²) in [7, 11) is 0. The number of anilines is 2.